The lowest BCUT2D eigenvalue weighted by atomic mass is 10.2. The van der Waals surface area contributed by atoms with Crippen molar-refractivity contribution < 1.29 is 13.2 Å². The molecule has 0 amide bonds. The number of hydrogen-bond donors (Lipinski definition) is 1. The monoisotopic (exact) mass is 269 g/mol. The van der Waals surface area contributed by atoms with E-state index in [1.54, 1.807) is 13.2 Å². The third kappa shape index (κ3) is 3.71. The van der Waals surface area contributed by atoms with Gasteiger partial charge in [-0.2, -0.15) is 0 Å². The van der Waals surface area contributed by atoms with Crippen LogP contribution in [0.25, 0.3) is 0 Å². The van der Waals surface area contributed by atoms with Crippen LogP contribution in [0.15, 0.2) is 24.3 Å². The molecule has 0 radical (unpaired) electrons. The van der Waals surface area contributed by atoms with Crippen LogP contribution in [0, 0.1) is 0 Å². The van der Waals surface area contributed by atoms with Crippen LogP contribution in [0.3, 0.4) is 0 Å². The Morgan fingerprint density at radius 1 is 1.44 bits per heavy atom. The average Bonchev–Trinajstić information content (AvgIpc) is 2.80. The SMILES string of the molecule is COc1cccc(CS(=O)(=O)CC2CCCN2)c1. The minimum atomic E-state index is -3.06. The molecule has 0 saturated carbocycles. The van der Waals surface area contributed by atoms with E-state index >= 15 is 0 Å². The molecule has 1 aliphatic rings. The molecule has 0 aliphatic carbocycles. The minimum Gasteiger partial charge on any atom is -0.497 e. The van der Waals surface area contributed by atoms with Crippen molar-refractivity contribution >= 4 is 9.84 Å². The molecular weight excluding hydrogens is 250 g/mol. The van der Waals surface area contributed by atoms with Crippen molar-refractivity contribution in [2.24, 2.45) is 0 Å². The van der Waals surface area contributed by atoms with Gasteiger partial charge in [0, 0.05) is 6.04 Å². The molecule has 1 aromatic carbocycles. The lowest BCUT2D eigenvalue weighted by Crippen LogP contribution is -2.30. The highest BCUT2D eigenvalue weighted by molar-refractivity contribution is 7.90. The van der Waals surface area contributed by atoms with Crippen molar-refractivity contribution in [3.63, 3.8) is 0 Å². The molecule has 1 fully saturated rings. The molecule has 1 heterocycles. The molecule has 1 aliphatic heterocycles. The van der Waals surface area contributed by atoms with Crippen LogP contribution in [-0.2, 0) is 15.6 Å². The molecule has 1 N–H and O–H groups in total. The van der Waals surface area contributed by atoms with Crippen molar-refractivity contribution in [1.82, 2.24) is 5.32 Å². The van der Waals surface area contributed by atoms with Gasteiger partial charge in [0.25, 0.3) is 0 Å². The Morgan fingerprint density at radius 2 is 2.28 bits per heavy atom. The summed E-state index contributed by atoms with van der Waals surface area (Å²) in [6, 6.07) is 7.36. The standard InChI is InChI=1S/C13H19NO3S/c1-17-13-6-2-4-11(8-13)9-18(15,16)10-12-5-3-7-14-12/h2,4,6,8,12,14H,3,5,7,9-10H2,1H3. The lowest BCUT2D eigenvalue weighted by Gasteiger charge is -2.11. The lowest BCUT2D eigenvalue weighted by molar-refractivity contribution is 0.414. The maximum absolute atomic E-state index is 12.1. The van der Waals surface area contributed by atoms with E-state index in [0.717, 1.165) is 24.9 Å². The zero-order chi connectivity index (χ0) is 13.0. The van der Waals surface area contributed by atoms with Gasteiger partial charge in [0.05, 0.1) is 18.6 Å². The number of ether oxygens (including phenoxy) is 1. The van der Waals surface area contributed by atoms with Gasteiger partial charge in [0.15, 0.2) is 9.84 Å². The van der Waals surface area contributed by atoms with Crippen LogP contribution in [-0.4, -0.2) is 33.9 Å². The number of methoxy groups -OCH3 is 1. The van der Waals surface area contributed by atoms with Crippen molar-refractivity contribution in [3.05, 3.63) is 29.8 Å². The Hall–Kier alpha value is -1.07. The Kier molecular flexibility index (Phi) is 4.24. The van der Waals surface area contributed by atoms with Gasteiger partial charge >= 0.3 is 0 Å². The first-order chi connectivity index (χ1) is 8.59. The van der Waals surface area contributed by atoms with E-state index in [4.69, 9.17) is 4.74 Å². The molecule has 0 spiro atoms. The van der Waals surface area contributed by atoms with Gasteiger partial charge in [0.1, 0.15) is 5.75 Å². The highest BCUT2D eigenvalue weighted by Gasteiger charge is 2.22. The maximum atomic E-state index is 12.1. The minimum absolute atomic E-state index is 0.0857. The van der Waals surface area contributed by atoms with Crippen molar-refractivity contribution in [1.29, 1.82) is 0 Å². The third-order valence-corrected chi connectivity index (χ3v) is 4.82. The zero-order valence-corrected chi connectivity index (χ0v) is 11.4. The summed E-state index contributed by atoms with van der Waals surface area (Å²) in [5.74, 6) is 1.01. The quantitative estimate of drug-likeness (QED) is 0.877. The van der Waals surface area contributed by atoms with Gasteiger partial charge in [-0.25, -0.2) is 8.42 Å². The molecule has 4 nitrogen and oxygen atoms in total. The molecule has 1 saturated heterocycles. The molecule has 1 atom stereocenters. The van der Waals surface area contributed by atoms with Crippen LogP contribution >= 0.6 is 0 Å². The van der Waals surface area contributed by atoms with E-state index in [1.165, 1.54) is 0 Å². The summed E-state index contributed by atoms with van der Waals surface area (Å²) in [7, 11) is -1.48. The Labute approximate surface area is 108 Å². The molecule has 2 rings (SSSR count). The van der Waals surface area contributed by atoms with Gasteiger partial charge in [-0.05, 0) is 37.1 Å². The fourth-order valence-electron chi connectivity index (χ4n) is 2.28. The summed E-state index contributed by atoms with van der Waals surface area (Å²) in [6.07, 6.45) is 2.02. The second-order valence-electron chi connectivity index (χ2n) is 4.70. The third-order valence-electron chi connectivity index (χ3n) is 3.14. The second kappa shape index (κ2) is 5.71. The first kappa shape index (κ1) is 13.4. The Bertz CT molecular complexity index is 493. The number of benzene rings is 1. The average molecular weight is 269 g/mol. The highest BCUT2D eigenvalue weighted by atomic mass is 32.2. The summed E-state index contributed by atoms with van der Waals surface area (Å²) in [4.78, 5) is 0. The molecule has 5 heteroatoms. The number of nitrogens with one attached hydrogen (secondary N) is 1. The maximum Gasteiger partial charge on any atom is 0.155 e. The summed E-state index contributed by atoms with van der Waals surface area (Å²) in [5.41, 5.74) is 0.785. The summed E-state index contributed by atoms with van der Waals surface area (Å²) >= 11 is 0. The Balaban J connectivity index is 2.02. The summed E-state index contributed by atoms with van der Waals surface area (Å²) in [6.45, 7) is 0.930. The number of hydrogen-bond acceptors (Lipinski definition) is 4. The number of rotatable bonds is 5. The van der Waals surface area contributed by atoms with Gasteiger partial charge in [0.2, 0.25) is 0 Å². The normalized spacial score (nSPS) is 19.9. The molecule has 18 heavy (non-hydrogen) atoms. The molecule has 0 aromatic heterocycles. The summed E-state index contributed by atoms with van der Waals surface area (Å²) in [5, 5.41) is 3.22. The first-order valence-corrected chi connectivity index (χ1v) is 7.98. The molecule has 1 aromatic rings. The van der Waals surface area contributed by atoms with Gasteiger partial charge in [-0.1, -0.05) is 12.1 Å². The van der Waals surface area contributed by atoms with E-state index < -0.39 is 9.84 Å². The number of sulfone groups is 1. The van der Waals surface area contributed by atoms with E-state index in [9.17, 15) is 8.42 Å². The zero-order valence-electron chi connectivity index (χ0n) is 10.6. The van der Waals surface area contributed by atoms with E-state index in [1.807, 2.05) is 18.2 Å². The van der Waals surface area contributed by atoms with E-state index in [-0.39, 0.29) is 17.5 Å². The van der Waals surface area contributed by atoms with Gasteiger partial charge in [-0.3, -0.25) is 0 Å². The van der Waals surface area contributed by atoms with Crippen LogP contribution in [0.2, 0.25) is 0 Å². The van der Waals surface area contributed by atoms with Crippen molar-refractivity contribution in [3.8, 4) is 5.75 Å². The van der Waals surface area contributed by atoms with Crippen LogP contribution < -0.4 is 10.1 Å². The predicted molar refractivity (Wildman–Crippen MR) is 71.5 cm³/mol. The van der Waals surface area contributed by atoms with Crippen molar-refractivity contribution in [2.45, 2.75) is 24.6 Å². The largest absolute Gasteiger partial charge is 0.497 e. The molecule has 1 unspecified atom stereocenters. The smallest absolute Gasteiger partial charge is 0.155 e. The topological polar surface area (TPSA) is 55.4 Å². The van der Waals surface area contributed by atoms with Crippen molar-refractivity contribution in [2.75, 3.05) is 19.4 Å². The van der Waals surface area contributed by atoms with E-state index in [2.05, 4.69) is 5.32 Å². The summed E-state index contributed by atoms with van der Waals surface area (Å²) < 4.78 is 29.2. The van der Waals surface area contributed by atoms with Crippen LogP contribution in [0.1, 0.15) is 18.4 Å². The molecule has 100 valence electrons. The Morgan fingerprint density at radius 3 is 2.94 bits per heavy atom. The van der Waals surface area contributed by atoms with Crippen LogP contribution in [0.4, 0.5) is 0 Å². The fourth-order valence-corrected chi connectivity index (χ4v) is 3.98. The van der Waals surface area contributed by atoms with E-state index in [0.29, 0.717) is 5.75 Å². The van der Waals surface area contributed by atoms with Gasteiger partial charge in [-0.15, -0.1) is 0 Å². The second-order valence-corrected chi connectivity index (χ2v) is 6.81. The highest BCUT2D eigenvalue weighted by Crippen LogP contribution is 2.16. The first-order valence-electron chi connectivity index (χ1n) is 6.16. The fraction of sp³-hybridized carbons (Fsp3) is 0.538. The predicted octanol–water partition coefficient (Wildman–Crippen LogP) is 1.36. The van der Waals surface area contributed by atoms with Crippen LogP contribution in [0.5, 0.6) is 5.75 Å². The van der Waals surface area contributed by atoms with Gasteiger partial charge < -0.3 is 10.1 Å². The molecular formula is C13H19NO3S. The molecule has 0 bridgehead atoms.